The number of carbonyl (C=O) groups is 1. The van der Waals surface area contributed by atoms with E-state index < -0.39 is 0 Å². The Morgan fingerprint density at radius 1 is 1.26 bits per heavy atom. The van der Waals surface area contributed by atoms with Gasteiger partial charge in [-0.25, -0.2) is 4.79 Å². The van der Waals surface area contributed by atoms with Crippen LogP contribution in [0.2, 0.25) is 0 Å². The molecule has 23 heavy (non-hydrogen) atoms. The second-order valence-electron chi connectivity index (χ2n) is 5.63. The van der Waals surface area contributed by atoms with Gasteiger partial charge < -0.3 is 10.6 Å². The smallest absolute Gasteiger partial charge is 0.319 e. The summed E-state index contributed by atoms with van der Waals surface area (Å²) in [6, 6.07) is 11.7. The molecule has 1 atom stereocenters. The van der Waals surface area contributed by atoms with E-state index >= 15 is 0 Å². The Hall–Kier alpha value is -2.34. The molecule has 1 unspecified atom stereocenters. The number of H-pyrrole nitrogens is 1. The van der Waals surface area contributed by atoms with Gasteiger partial charge in [-0.2, -0.15) is 5.10 Å². The van der Waals surface area contributed by atoms with Crippen molar-refractivity contribution in [1.29, 1.82) is 0 Å². The molecule has 0 saturated carbocycles. The number of hydrogen-bond donors (Lipinski definition) is 3. The van der Waals surface area contributed by atoms with Crippen LogP contribution in [-0.4, -0.2) is 16.2 Å². The number of fused-ring (bicyclic) bond motifs is 2. The normalized spacial score (nSPS) is 16.3. The van der Waals surface area contributed by atoms with Crippen LogP contribution in [0.5, 0.6) is 0 Å². The van der Waals surface area contributed by atoms with E-state index in [1.54, 1.807) is 6.20 Å². The van der Waals surface area contributed by atoms with E-state index in [9.17, 15) is 4.79 Å². The maximum Gasteiger partial charge on any atom is 0.319 e. The van der Waals surface area contributed by atoms with Crippen LogP contribution in [0.4, 0.5) is 10.5 Å². The van der Waals surface area contributed by atoms with Crippen molar-refractivity contribution in [3.05, 3.63) is 58.2 Å². The fourth-order valence-corrected chi connectivity index (χ4v) is 3.73. The average Bonchev–Trinajstić information content (AvgIpc) is 3.16. The predicted molar refractivity (Wildman–Crippen MR) is 93.5 cm³/mol. The summed E-state index contributed by atoms with van der Waals surface area (Å²) in [5, 5.41) is 13.8. The van der Waals surface area contributed by atoms with Crippen molar-refractivity contribution >= 4 is 38.6 Å². The van der Waals surface area contributed by atoms with E-state index in [0.717, 1.165) is 33.9 Å². The zero-order valence-electron chi connectivity index (χ0n) is 12.3. The number of anilines is 1. The molecule has 6 heteroatoms. The number of hydrogen-bond acceptors (Lipinski definition) is 2. The summed E-state index contributed by atoms with van der Waals surface area (Å²) in [4.78, 5) is 12.4. The van der Waals surface area contributed by atoms with Crippen molar-refractivity contribution in [3.63, 3.8) is 0 Å². The Morgan fingerprint density at radius 2 is 2.13 bits per heavy atom. The zero-order chi connectivity index (χ0) is 15.8. The number of rotatable bonds is 2. The highest BCUT2D eigenvalue weighted by molar-refractivity contribution is 9.10. The van der Waals surface area contributed by atoms with Crippen molar-refractivity contribution in [2.45, 2.75) is 18.9 Å². The molecule has 116 valence electrons. The van der Waals surface area contributed by atoms with Gasteiger partial charge in [-0.3, -0.25) is 5.10 Å². The first-order valence-corrected chi connectivity index (χ1v) is 8.28. The largest absolute Gasteiger partial charge is 0.331 e. The first-order chi connectivity index (χ1) is 11.2. The first-order valence-electron chi connectivity index (χ1n) is 7.49. The lowest BCUT2D eigenvalue weighted by Crippen LogP contribution is -2.31. The third kappa shape index (κ3) is 2.59. The minimum Gasteiger partial charge on any atom is -0.331 e. The Labute approximate surface area is 141 Å². The molecule has 0 aliphatic heterocycles. The lowest BCUT2D eigenvalue weighted by atomic mass is 10.1. The molecular weight excluding hydrogens is 356 g/mol. The molecule has 0 bridgehead atoms. The third-order valence-electron chi connectivity index (χ3n) is 4.25. The standard InChI is InChI=1S/C17H15BrN4O/c18-13-4-1-3-11-10(13)7-8-15(11)21-17(23)20-14-5-2-6-16-12(14)9-19-22-16/h1-6,9,15H,7-8H2,(H,19,22)(H2,20,21,23). The number of aromatic amines is 1. The zero-order valence-corrected chi connectivity index (χ0v) is 13.9. The summed E-state index contributed by atoms with van der Waals surface area (Å²) >= 11 is 3.58. The predicted octanol–water partition coefficient (Wildman–Crippen LogP) is 4.13. The van der Waals surface area contributed by atoms with Crippen LogP contribution in [0.1, 0.15) is 23.6 Å². The van der Waals surface area contributed by atoms with Crippen molar-refractivity contribution < 1.29 is 4.79 Å². The fraction of sp³-hybridized carbons (Fsp3) is 0.176. The minimum atomic E-state index is -0.198. The number of nitrogens with zero attached hydrogens (tertiary/aromatic N) is 1. The molecule has 0 spiro atoms. The lowest BCUT2D eigenvalue weighted by Gasteiger charge is -2.15. The number of halogens is 1. The van der Waals surface area contributed by atoms with Gasteiger partial charge >= 0.3 is 6.03 Å². The monoisotopic (exact) mass is 370 g/mol. The molecule has 3 aromatic rings. The molecule has 5 nitrogen and oxygen atoms in total. The summed E-state index contributed by atoms with van der Waals surface area (Å²) in [5.74, 6) is 0. The van der Waals surface area contributed by atoms with Crippen LogP contribution in [-0.2, 0) is 6.42 Å². The molecule has 2 aromatic carbocycles. The number of aromatic nitrogens is 2. The maximum atomic E-state index is 12.4. The number of nitrogens with one attached hydrogen (secondary N) is 3. The highest BCUT2D eigenvalue weighted by Crippen LogP contribution is 2.35. The van der Waals surface area contributed by atoms with Crippen molar-refractivity contribution in [2.75, 3.05) is 5.32 Å². The van der Waals surface area contributed by atoms with Gasteiger partial charge in [0.2, 0.25) is 0 Å². The number of benzene rings is 2. The molecule has 1 aromatic heterocycles. The van der Waals surface area contributed by atoms with Crippen LogP contribution in [0.15, 0.2) is 47.1 Å². The summed E-state index contributed by atoms with van der Waals surface area (Å²) < 4.78 is 1.11. The molecule has 1 heterocycles. The molecule has 4 rings (SSSR count). The summed E-state index contributed by atoms with van der Waals surface area (Å²) in [7, 11) is 0. The fourth-order valence-electron chi connectivity index (χ4n) is 3.15. The Bertz CT molecular complexity index is 889. The lowest BCUT2D eigenvalue weighted by molar-refractivity contribution is 0.248. The van der Waals surface area contributed by atoms with Gasteiger partial charge in [-0.15, -0.1) is 0 Å². The van der Waals surface area contributed by atoms with Gasteiger partial charge in [0.05, 0.1) is 23.4 Å². The maximum absolute atomic E-state index is 12.4. The van der Waals surface area contributed by atoms with Gasteiger partial charge in [-0.05, 0) is 42.2 Å². The van der Waals surface area contributed by atoms with Crippen LogP contribution >= 0.6 is 15.9 Å². The second-order valence-corrected chi connectivity index (χ2v) is 6.49. The number of carbonyl (C=O) groups excluding carboxylic acids is 1. The van der Waals surface area contributed by atoms with Crippen LogP contribution in [0.3, 0.4) is 0 Å². The molecule has 0 saturated heterocycles. The topological polar surface area (TPSA) is 69.8 Å². The number of urea groups is 1. The van der Waals surface area contributed by atoms with Crippen LogP contribution < -0.4 is 10.6 Å². The molecule has 1 aliphatic carbocycles. The van der Waals surface area contributed by atoms with Crippen molar-refractivity contribution in [1.82, 2.24) is 15.5 Å². The molecule has 0 radical (unpaired) electrons. The van der Waals surface area contributed by atoms with E-state index in [1.165, 1.54) is 11.1 Å². The minimum absolute atomic E-state index is 0.0473. The number of amides is 2. The summed E-state index contributed by atoms with van der Waals surface area (Å²) in [5.41, 5.74) is 4.13. The molecular formula is C17H15BrN4O. The average molecular weight is 371 g/mol. The quantitative estimate of drug-likeness (QED) is 0.634. The van der Waals surface area contributed by atoms with E-state index in [2.05, 4.69) is 42.8 Å². The SMILES string of the molecule is O=C(Nc1cccc2[nH]ncc12)NC1CCc2c(Br)cccc21. The molecule has 2 amide bonds. The van der Waals surface area contributed by atoms with E-state index in [0.29, 0.717) is 0 Å². The Kier molecular flexibility index (Phi) is 3.53. The van der Waals surface area contributed by atoms with Gasteiger partial charge in [-0.1, -0.05) is 34.1 Å². The first kappa shape index (κ1) is 14.3. The van der Waals surface area contributed by atoms with E-state index in [1.807, 2.05) is 30.3 Å². The summed E-state index contributed by atoms with van der Waals surface area (Å²) in [6.07, 6.45) is 3.60. The van der Waals surface area contributed by atoms with E-state index in [4.69, 9.17) is 0 Å². The molecule has 3 N–H and O–H groups in total. The van der Waals surface area contributed by atoms with Crippen molar-refractivity contribution in [3.8, 4) is 0 Å². The Morgan fingerprint density at radius 3 is 3.04 bits per heavy atom. The summed E-state index contributed by atoms with van der Waals surface area (Å²) in [6.45, 7) is 0. The van der Waals surface area contributed by atoms with Crippen LogP contribution in [0.25, 0.3) is 10.9 Å². The molecule has 0 fully saturated rings. The van der Waals surface area contributed by atoms with Gasteiger partial charge in [0.15, 0.2) is 0 Å². The van der Waals surface area contributed by atoms with E-state index in [-0.39, 0.29) is 12.1 Å². The molecule has 1 aliphatic rings. The van der Waals surface area contributed by atoms with Gasteiger partial charge in [0, 0.05) is 9.86 Å². The highest BCUT2D eigenvalue weighted by atomic mass is 79.9. The van der Waals surface area contributed by atoms with Gasteiger partial charge in [0.25, 0.3) is 0 Å². The third-order valence-corrected chi connectivity index (χ3v) is 4.99. The van der Waals surface area contributed by atoms with Crippen LogP contribution in [0, 0.1) is 0 Å². The van der Waals surface area contributed by atoms with Gasteiger partial charge in [0.1, 0.15) is 0 Å². The Balaban J connectivity index is 1.52. The second kappa shape index (κ2) is 5.70. The highest BCUT2D eigenvalue weighted by Gasteiger charge is 2.25. The van der Waals surface area contributed by atoms with Crippen molar-refractivity contribution in [2.24, 2.45) is 0 Å².